The van der Waals surface area contributed by atoms with E-state index in [4.69, 9.17) is 16.3 Å². The average Bonchev–Trinajstić information content (AvgIpc) is 2.38. The quantitative estimate of drug-likeness (QED) is 0.683. The predicted molar refractivity (Wildman–Crippen MR) is 84.0 cm³/mol. The van der Waals surface area contributed by atoms with Gasteiger partial charge in [-0.2, -0.15) is 0 Å². The fourth-order valence-corrected chi connectivity index (χ4v) is 2.44. The smallest absolute Gasteiger partial charge is 0.123 e. The van der Waals surface area contributed by atoms with Gasteiger partial charge >= 0.3 is 0 Å². The van der Waals surface area contributed by atoms with Crippen LogP contribution in [0.15, 0.2) is 46.9 Å². The number of rotatable bonds is 4. The zero-order valence-electron chi connectivity index (χ0n) is 11.0. The van der Waals surface area contributed by atoms with Crippen molar-refractivity contribution in [2.45, 2.75) is 26.4 Å². The lowest BCUT2D eigenvalue weighted by atomic mass is 10.0. The van der Waals surface area contributed by atoms with E-state index in [1.807, 2.05) is 36.4 Å². The van der Waals surface area contributed by atoms with Crippen molar-refractivity contribution in [3.63, 3.8) is 0 Å². The molecule has 0 saturated carbocycles. The van der Waals surface area contributed by atoms with E-state index in [2.05, 4.69) is 35.8 Å². The number of halogens is 2. The minimum absolute atomic E-state index is 0.416. The minimum Gasteiger partial charge on any atom is -0.489 e. The van der Waals surface area contributed by atoms with Crippen LogP contribution in [0.1, 0.15) is 30.9 Å². The summed E-state index contributed by atoms with van der Waals surface area (Å²) in [5.74, 6) is 1.33. The molecule has 0 bridgehead atoms. The summed E-state index contributed by atoms with van der Waals surface area (Å²) >= 11 is 9.63. The average molecular weight is 340 g/mol. The molecule has 0 heterocycles. The summed E-state index contributed by atoms with van der Waals surface area (Å²) in [6.45, 7) is 4.80. The van der Waals surface area contributed by atoms with Crippen LogP contribution in [0.2, 0.25) is 5.02 Å². The lowest BCUT2D eigenvalue weighted by molar-refractivity contribution is 0.302. The van der Waals surface area contributed by atoms with Crippen LogP contribution >= 0.6 is 27.5 Å². The fraction of sp³-hybridized carbons (Fsp3) is 0.250. The first-order chi connectivity index (χ1) is 9.08. The van der Waals surface area contributed by atoms with Gasteiger partial charge in [-0.3, -0.25) is 0 Å². The summed E-state index contributed by atoms with van der Waals surface area (Å²) < 4.78 is 6.99. The lowest BCUT2D eigenvalue weighted by Crippen LogP contribution is -2.00. The Morgan fingerprint density at radius 1 is 1.16 bits per heavy atom. The normalized spacial score (nSPS) is 10.8. The van der Waals surface area contributed by atoms with Crippen LogP contribution in [0, 0.1) is 0 Å². The van der Waals surface area contributed by atoms with Gasteiger partial charge in [0.25, 0.3) is 0 Å². The van der Waals surface area contributed by atoms with E-state index in [1.165, 1.54) is 5.56 Å². The summed E-state index contributed by atoms with van der Waals surface area (Å²) in [4.78, 5) is 0. The second-order valence-electron chi connectivity index (χ2n) is 4.72. The summed E-state index contributed by atoms with van der Waals surface area (Å²) in [5.41, 5.74) is 2.20. The van der Waals surface area contributed by atoms with Crippen LogP contribution in [0.5, 0.6) is 5.75 Å². The maximum atomic E-state index is 6.13. The fourth-order valence-electron chi connectivity index (χ4n) is 1.87. The van der Waals surface area contributed by atoms with Crippen LogP contribution in [0.25, 0.3) is 0 Å². The van der Waals surface area contributed by atoms with Gasteiger partial charge in [-0.25, -0.2) is 0 Å². The maximum Gasteiger partial charge on any atom is 0.123 e. The van der Waals surface area contributed by atoms with Crippen molar-refractivity contribution in [2.24, 2.45) is 0 Å². The molecule has 0 saturated heterocycles. The molecule has 0 amide bonds. The first-order valence-corrected chi connectivity index (χ1v) is 7.40. The van der Waals surface area contributed by atoms with E-state index in [0.717, 1.165) is 20.8 Å². The Kier molecular flexibility index (Phi) is 4.89. The van der Waals surface area contributed by atoms with Crippen LogP contribution in [0.4, 0.5) is 0 Å². The summed E-state index contributed by atoms with van der Waals surface area (Å²) in [7, 11) is 0. The second-order valence-corrected chi connectivity index (χ2v) is 6.04. The third kappa shape index (κ3) is 3.74. The molecule has 0 unspecified atom stereocenters. The topological polar surface area (TPSA) is 9.23 Å². The highest BCUT2D eigenvalue weighted by atomic mass is 79.9. The van der Waals surface area contributed by atoms with Gasteiger partial charge < -0.3 is 4.74 Å². The molecule has 2 aromatic rings. The Hall–Kier alpha value is -0.990. The lowest BCUT2D eigenvalue weighted by Gasteiger charge is -2.15. The predicted octanol–water partition coefficient (Wildman–Crippen LogP) is 5.80. The summed E-state index contributed by atoms with van der Waals surface area (Å²) in [6.07, 6.45) is 0. The van der Waals surface area contributed by atoms with Crippen LogP contribution in [-0.4, -0.2) is 0 Å². The molecule has 0 aromatic heterocycles. The molecule has 0 N–H and O–H groups in total. The Bertz CT molecular complexity index is 566. The monoisotopic (exact) mass is 338 g/mol. The van der Waals surface area contributed by atoms with Crippen molar-refractivity contribution >= 4 is 27.5 Å². The van der Waals surface area contributed by atoms with Gasteiger partial charge in [0.1, 0.15) is 12.4 Å². The highest BCUT2D eigenvalue weighted by molar-refractivity contribution is 9.10. The van der Waals surface area contributed by atoms with Crippen molar-refractivity contribution in [3.8, 4) is 5.75 Å². The van der Waals surface area contributed by atoms with Gasteiger partial charge in [-0.05, 0) is 35.7 Å². The largest absolute Gasteiger partial charge is 0.489 e. The third-order valence-corrected chi connectivity index (χ3v) is 3.80. The van der Waals surface area contributed by atoms with Gasteiger partial charge in [-0.1, -0.05) is 59.6 Å². The van der Waals surface area contributed by atoms with E-state index < -0.39 is 0 Å². The molecule has 0 atom stereocenters. The molecule has 0 aliphatic heterocycles. The zero-order valence-corrected chi connectivity index (χ0v) is 13.3. The van der Waals surface area contributed by atoms with Gasteiger partial charge in [0.15, 0.2) is 0 Å². The first-order valence-electron chi connectivity index (χ1n) is 6.23. The Labute approximate surface area is 127 Å². The number of benzene rings is 2. The molecule has 3 heteroatoms. The molecule has 0 aliphatic carbocycles. The summed E-state index contributed by atoms with van der Waals surface area (Å²) in [5, 5.41) is 0.741. The molecule has 1 nitrogen and oxygen atoms in total. The number of ether oxygens (including phenoxy) is 1. The molecule has 19 heavy (non-hydrogen) atoms. The molecule has 0 fully saturated rings. The molecule has 0 radical (unpaired) electrons. The molecular weight excluding hydrogens is 324 g/mol. The number of hydrogen-bond donors (Lipinski definition) is 0. The Balaban J connectivity index is 2.18. The van der Waals surface area contributed by atoms with Crippen LogP contribution < -0.4 is 4.74 Å². The van der Waals surface area contributed by atoms with E-state index in [9.17, 15) is 0 Å². The first kappa shape index (κ1) is 14.4. The molecule has 100 valence electrons. The van der Waals surface area contributed by atoms with E-state index in [-0.39, 0.29) is 0 Å². The van der Waals surface area contributed by atoms with Crippen molar-refractivity contribution in [2.75, 3.05) is 0 Å². The highest BCUT2D eigenvalue weighted by Gasteiger charge is 2.09. The van der Waals surface area contributed by atoms with E-state index >= 15 is 0 Å². The Morgan fingerprint density at radius 2 is 1.89 bits per heavy atom. The van der Waals surface area contributed by atoms with E-state index in [1.54, 1.807) is 0 Å². The van der Waals surface area contributed by atoms with Crippen LogP contribution in [0.3, 0.4) is 0 Å². The summed E-state index contributed by atoms with van der Waals surface area (Å²) in [6, 6.07) is 13.8. The van der Waals surface area contributed by atoms with Crippen molar-refractivity contribution < 1.29 is 4.74 Å². The van der Waals surface area contributed by atoms with E-state index in [0.29, 0.717) is 12.5 Å². The number of hydrogen-bond acceptors (Lipinski definition) is 1. The maximum absolute atomic E-state index is 6.13. The van der Waals surface area contributed by atoms with Crippen molar-refractivity contribution in [1.82, 2.24) is 0 Å². The minimum atomic E-state index is 0.416. The molecule has 2 rings (SSSR count). The van der Waals surface area contributed by atoms with Crippen LogP contribution in [-0.2, 0) is 6.61 Å². The van der Waals surface area contributed by atoms with Crippen molar-refractivity contribution in [3.05, 3.63) is 63.1 Å². The molecule has 0 aliphatic rings. The SMILES string of the molecule is CC(C)c1cc(Br)ccc1OCc1ccccc1Cl. The molecular formula is C16H16BrClO. The third-order valence-electron chi connectivity index (χ3n) is 2.93. The standard InChI is InChI=1S/C16H16BrClO/c1-11(2)14-9-13(17)7-8-16(14)19-10-12-5-3-4-6-15(12)18/h3-9,11H,10H2,1-2H3. The Morgan fingerprint density at radius 3 is 2.58 bits per heavy atom. The second kappa shape index (κ2) is 6.44. The zero-order chi connectivity index (χ0) is 13.8. The molecule has 2 aromatic carbocycles. The van der Waals surface area contributed by atoms with Gasteiger partial charge in [0.05, 0.1) is 0 Å². The van der Waals surface area contributed by atoms with Crippen molar-refractivity contribution in [1.29, 1.82) is 0 Å². The van der Waals surface area contributed by atoms with Gasteiger partial charge in [0.2, 0.25) is 0 Å². The van der Waals surface area contributed by atoms with Gasteiger partial charge in [0, 0.05) is 15.1 Å². The van der Waals surface area contributed by atoms with Gasteiger partial charge in [-0.15, -0.1) is 0 Å². The highest BCUT2D eigenvalue weighted by Crippen LogP contribution is 2.30. The molecule has 0 spiro atoms.